The zero-order valence-corrected chi connectivity index (χ0v) is 17.7. The van der Waals surface area contributed by atoms with E-state index in [0.29, 0.717) is 13.1 Å². The number of hydrogen-bond donors (Lipinski definition) is 1. The molecule has 0 saturated carbocycles. The maximum atomic E-state index is 12.4. The number of aromatic amines is 1. The normalized spacial score (nSPS) is 16.4. The predicted octanol–water partition coefficient (Wildman–Crippen LogP) is 4.31. The van der Waals surface area contributed by atoms with Crippen molar-refractivity contribution in [1.82, 2.24) is 20.0 Å². The average Bonchev–Trinajstić information content (AvgIpc) is 3.42. The summed E-state index contributed by atoms with van der Waals surface area (Å²) in [5.74, 6) is 0.845. The number of rotatable bonds is 4. The van der Waals surface area contributed by atoms with Gasteiger partial charge in [-0.2, -0.15) is 5.10 Å². The second-order valence-electron chi connectivity index (χ2n) is 8.54. The number of nitrogens with one attached hydrogen (secondary N) is 1. The topological polar surface area (TPSA) is 74.6 Å². The number of H-pyrrole nitrogens is 1. The summed E-state index contributed by atoms with van der Waals surface area (Å²) in [6, 6.07) is 12.3. The summed E-state index contributed by atoms with van der Waals surface area (Å²) in [6.45, 7) is 8.43. The number of piperazine rings is 1. The second kappa shape index (κ2) is 8.36. The maximum Gasteiger partial charge on any atom is 0.410 e. The zero-order chi connectivity index (χ0) is 21.1. The average molecular weight is 409 g/mol. The van der Waals surface area contributed by atoms with Gasteiger partial charge in [0.05, 0.1) is 18.5 Å². The molecule has 2 aromatic heterocycles. The molecule has 1 amide bonds. The van der Waals surface area contributed by atoms with Crippen molar-refractivity contribution in [1.29, 1.82) is 0 Å². The number of ether oxygens (including phenoxy) is 1. The Bertz CT molecular complexity index is 953. The lowest BCUT2D eigenvalue weighted by Crippen LogP contribution is -2.51. The zero-order valence-electron chi connectivity index (χ0n) is 17.7. The molecule has 1 unspecified atom stereocenters. The molecule has 1 fully saturated rings. The number of furan rings is 1. The van der Waals surface area contributed by atoms with Crippen LogP contribution in [0.1, 0.15) is 37.9 Å². The molecule has 4 rings (SSSR count). The summed E-state index contributed by atoms with van der Waals surface area (Å²) in [7, 11) is 0. The predicted molar refractivity (Wildman–Crippen MR) is 114 cm³/mol. The van der Waals surface area contributed by atoms with Crippen LogP contribution in [0.15, 0.2) is 59.5 Å². The summed E-state index contributed by atoms with van der Waals surface area (Å²) < 4.78 is 11.1. The van der Waals surface area contributed by atoms with Crippen LogP contribution in [0, 0.1) is 0 Å². The van der Waals surface area contributed by atoms with Crippen LogP contribution >= 0.6 is 0 Å². The van der Waals surface area contributed by atoms with Gasteiger partial charge in [0.1, 0.15) is 11.4 Å². The van der Waals surface area contributed by atoms with Gasteiger partial charge < -0.3 is 14.1 Å². The van der Waals surface area contributed by atoms with E-state index >= 15 is 0 Å². The monoisotopic (exact) mass is 408 g/mol. The number of hydrogen-bond acceptors (Lipinski definition) is 5. The molecule has 30 heavy (non-hydrogen) atoms. The van der Waals surface area contributed by atoms with Crippen molar-refractivity contribution in [2.45, 2.75) is 32.4 Å². The molecular formula is C23H28N4O3. The second-order valence-corrected chi connectivity index (χ2v) is 8.54. The van der Waals surface area contributed by atoms with Crippen LogP contribution in [0.25, 0.3) is 11.3 Å². The SMILES string of the molecule is CC(C)(C)OC(=O)N1CCN(C(c2cn[nH]c2)c2cccc(-c3ccco3)c2)CC1. The summed E-state index contributed by atoms with van der Waals surface area (Å²) in [5, 5.41) is 7.10. The summed E-state index contributed by atoms with van der Waals surface area (Å²) in [4.78, 5) is 16.6. The van der Waals surface area contributed by atoms with Crippen LogP contribution in [0.4, 0.5) is 4.79 Å². The highest BCUT2D eigenvalue weighted by molar-refractivity contribution is 5.68. The van der Waals surface area contributed by atoms with Gasteiger partial charge in [-0.05, 0) is 44.5 Å². The van der Waals surface area contributed by atoms with Crippen molar-refractivity contribution >= 4 is 6.09 Å². The lowest BCUT2D eigenvalue weighted by molar-refractivity contribution is 0.0119. The van der Waals surface area contributed by atoms with Gasteiger partial charge in [-0.3, -0.25) is 10.00 Å². The lowest BCUT2D eigenvalue weighted by Gasteiger charge is -2.39. The molecule has 1 aliphatic rings. The summed E-state index contributed by atoms with van der Waals surface area (Å²) in [5.41, 5.74) is 2.81. The Kier molecular flexibility index (Phi) is 5.63. The molecule has 7 nitrogen and oxygen atoms in total. The number of carbonyl (C=O) groups is 1. The van der Waals surface area contributed by atoms with E-state index in [1.807, 2.05) is 45.3 Å². The van der Waals surface area contributed by atoms with Crippen LogP contribution in [0.5, 0.6) is 0 Å². The van der Waals surface area contributed by atoms with E-state index in [-0.39, 0.29) is 12.1 Å². The standard InChI is InChI=1S/C23H28N4O3/c1-23(2,3)30-22(28)27-11-9-26(10-12-27)21(19-15-24-25-16-19)18-7-4-6-17(14-18)20-8-5-13-29-20/h4-8,13-16,21H,9-12H2,1-3H3,(H,24,25). The van der Waals surface area contributed by atoms with Gasteiger partial charge in [0.25, 0.3) is 0 Å². The molecule has 158 valence electrons. The Hall–Kier alpha value is -3.06. The molecule has 3 aromatic rings. The fraction of sp³-hybridized carbons (Fsp3) is 0.391. The summed E-state index contributed by atoms with van der Waals surface area (Å²) >= 11 is 0. The van der Waals surface area contributed by atoms with Gasteiger partial charge in [-0.15, -0.1) is 0 Å². The third kappa shape index (κ3) is 4.57. The van der Waals surface area contributed by atoms with Crippen LogP contribution in [-0.4, -0.2) is 57.9 Å². The van der Waals surface area contributed by atoms with Crippen LogP contribution in [0.2, 0.25) is 0 Å². The minimum atomic E-state index is -0.486. The first-order valence-corrected chi connectivity index (χ1v) is 10.3. The number of amides is 1. The van der Waals surface area contributed by atoms with Crippen molar-refractivity contribution in [2.24, 2.45) is 0 Å². The van der Waals surface area contributed by atoms with E-state index in [1.165, 1.54) is 0 Å². The van der Waals surface area contributed by atoms with Gasteiger partial charge in [0, 0.05) is 43.5 Å². The fourth-order valence-corrected chi connectivity index (χ4v) is 3.82. The molecule has 7 heteroatoms. The number of aromatic nitrogens is 2. The van der Waals surface area contributed by atoms with Crippen LogP contribution < -0.4 is 0 Å². The van der Waals surface area contributed by atoms with Gasteiger partial charge >= 0.3 is 6.09 Å². The number of nitrogens with zero attached hydrogens (tertiary/aromatic N) is 3. The quantitative estimate of drug-likeness (QED) is 0.696. The molecule has 0 aliphatic carbocycles. The van der Waals surface area contributed by atoms with Crippen LogP contribution in [-0.2, 0) is 4.74 Å². The smallest absolute Gasteiger partial charge is 0.410 e. The molecule has 3 heterocycles. The van der Waals surface area contributed by atoms with Crippen LogP contribution in [0.3, 0.4) is 0 Å². The molecule has 0 radical (unpaired) electrons. The molecule has 1 saturated heterocycles. The van der Waals surface area contributed by atoms with Gasteiger partial charge in [0.2, 0.25) is 0 Å². The highest BCUT2D eigenvalue weighted by Crippen LogP contribution is 2.32. The summed E-state index contributed by atoms with van der Waals surface area (Å²) in [6.07, 6.45) is 5.24. The molecular weight excluding hydrogens is 380 g/mol. The lowest BCUT2D eigenvalue weighted by atomic mass is 9.96. The van der Waals surface area contributed by atoms with Gasteiger partial charge in [-0.25, -0.2) is 4.79 Å². The molecule has 1 N–H and O–H groups in total. The van der Waals surface area contributed by atoms with Gasteiger partial charge in [0.15, 0.2) is 0 Å². The Morgan fingerprint density at radius 1 is 1.13 bits per heavy atom. The van der Waals surface area contributed by atoms with E-state index in [4.69, 9.17) is 9.15 Å². The minimum absolute atomic E-state index is 0.0412. The Morgan fingerprint density at radius 2 is 1.93 bits per heavy atom. The van der Waals surface area contributed by atoms with E-state index in [1.54, 1.807) is 11.2 Å². The van der Waals surface area contributed by atoms with E-state index in [0.717, 1.165) is 35.5 Å². The first kappa shape index (κ1) is 20.2. The molecule has 1 atom stereocenters. The third-order valence-electron chi connectivity index (χ3n) is 5.17. The third-order valence-corrected chi connectivity index (χ3v) is 5.17. The van der Waals surface area contributed by atoms with Crippen molar-refractivity contribution in [3.63, 3.8) is 0 Å². The van der Waals surface area contributed by atoms with Crippen molar-refractivity contribution in [3.8, 4) is 11.3 Å². The van der Waals surface area contributed by atoms with Crippen molar-refractivity contribution < 1.29 is 13.9 Å². The first-order chi connectivity index (χ1) is 14.4. The molecule has 1 aliphatic heterocycles. The maximum absolute atomic E-state index is 12.4. The Labute approximate surface area is 176 Å². The highest BCUT2D eigenvalue weighted by atomic mass is 16.6. The molecule has 0 bridgehead atoms. The largest absolute Gasteiger partial charge is 0.464 e. The Morgan fingerprint density at radius 3 is 2.57 bits per heavy atom. The van der Waals surface area contributed by atoms with E-state index in [2.05, 4.69) is 39.4 Å². The molecule has 1 aromatic carbocycles. The van der Waals surface area contributed by atoms with Gasteiger partial charge in [-0.1, -0.05) is 18.2 Å². The highest BCUT2D eigenvalue weighted by Gasteiger charge is 2.30. The Balaban J connectivity index is 1.54. The number of carbonyl (C=O) groups excluding carboxylic acids is 1. The van der Waals surface area contributed by atoms with Crippen molar-refractivity contribution in [2.75, 3.05) is 26.2 Å². The van der Waals surface area contributed by atoms with E-state index in [9.17, 15) is 4.79 Å². The minimum Gasteiger partial charge on any atom is -0.464 e. The number of benzene rings is 1. The van der Waals surface area contributed by atoms with Crippen molar-refractivity contribution in [3.05, 3.63) is 66.2 Å². The fourth-order valence-electron chi connectivity index (χ4n) is 3.82. The van der Waals surface area contributed by atoms with E-state index < -0.39 is 5.60 Å². The molecule has 0 spiro atoms. The first-order valence-electron chi connectivity index (χ1n) is 10.3.